The summed E-state index contributed by atoms with van der Waals surface area (Å²) in [5.41, 5.74) is 0. The molecule has 4 heteroatoms. The highest BCUT2D eigenvalue weighted by Crippen LogP contribution is 2.37. The summed E-state index contributed by atoms with van der Waals surface area (Å²) in [6.07, 6.45) is 4.01. The van der Waals surface area contributed by atoms with Crippen molar-refractivity contribution >= 4 is 5.91 Å². The molecule has 1 aliphatic heterocycles. The van der Waals surface area contributed by atoms with E-state index >= 15 is 0 Å². The summed E-state index contributed by atoms with van der Waals surface area (Å²) in [6, 6.07) is 0. The standard InChI is InChI=1S/C12H22N2O2/c1-16-6-5-13-7-12(15)14-8-10-3-2-4-11(10)9-14/h10-11,13H,2-9H2,1H3. The Bertz CT molecular complexity index is 233. The molecule has 0 aromatic heterocycles. The van der Waals surface area contributed by atoms with Crippen LogP contribution in [0.3, 0.4) is 0 Å². The van der Waals surface area contributed by atoms with Crippen molar-refractivity contribution in [1.29, 1.82) is 0 Å². The maximum atomic E-state index is 11.9. The molecule has 0 aromatic carbocycles. The van der Waals surface area contributed by atoms with E-state index in [4.69, 9.17) is 4.74 Å². The third-order valence-electron chi connectivity index (χ3n) is 3.84. The third-order valence-corrected chi connectivity index (χ3v) is 3.84. The van der Waals surface area contributed by atoms with Crippen LogP contribution in [-0.4, -0.2) is 50.7 Å². The molecule has 0 aromatic rings. The molecule has 2 rings (SSSR count). The fourth-order valence-electron chi connectivity index (χ4n) is 2.92. The number of hydrogen-bond acceptors (Lipinski definition) is 3. The fourth-order valence-corrected chi connectivity index (χ4v) is 2.92. The number of amides is 1. The Balaban J connectivity index is 1.66. The maximum absolute atomic E-state index is 11.9. The van der Waals surface area contributed by atoms with Crippen molar-refractivity contribution in [3.05, 3.63) is 0 Å². The number of hydrogen-bond donors (Lipinski definition) is 1. The number of carbonyl (C=O) groups excluding carboxylic acids is 1. The zero-order valence-electron chi connectivity index (χ0n) is 10.1. The fraction of sp³-hybridized carbons (Fsp3) is 0.917. The van der Waals surface area contributed by atoms with E-state index < -0.39 is 0 Å². The minimum Gasteiger partial charge on any atom is -0.383 e. The Morgan fingerprint density at radius 1 is 1.38 bits per heavy atom. The summed E-state index contributed by atoms with van der Waals surface area (Å²) in [4.78, 5) is 13.9. The van der Waals surface area contributed by atoms with Crippen molar-refractivity contribution in [2.75, 3.05) is 39.9 Å². The average Bonchev–Trinajstić information content (AvgIpc) is 2.83. The second-order valence-electron chi connectivity index (χ2n) is 4.92. The normalized spacial score (nSPS) is 28.4. The lowest BCUT2D eigenvalue weighted by molar-refractivity contribution is -0.129. The number of rotatable bonds is 5. The van der Waals surface area contributed by atoms with Gasteiger partial charge in [0.25, 0.3) is 0 Å². The lowest BCUT2D eigenvalue weighted by Crippen LogP contribution is -2.38. The molecule has 1 aliphatic carbocycles. The molecule has 1 N–H and O–H groups in total. The number of carbonyl (C=O) groups is 1. The van der Waals surface area contributed by atoms with Gasteiger partial charge in [-0.1, -0.05) is 6.42 Å². The first-order chi connectivity index (χ1) is 7.81. The number of nitrogens with zero attached hydrogens (tertiary/aromatic N) is 1. The molecule has 0 radical (unpaired) electrons. The van der Waals surface area contributed by atoms with Gasteiger partial charge in [-0.05, 0) is 24.7 Å². The highest BCUT2D eigenvalue weighted by molar-refractivity contribution is 5.78. The molecule has 1 saturated carbocycles. The molecule has 92 valence electrons. The van der Waals surface area contributed by atoms with Crippen LogP contribution in [0.4, 0.5) is 0 Å². The molecule has 2 atom stereocenters. The van der Waals surface area contributed by atoms with Gasteiger partial charge in [-0.3, -0.25) is 4.79 Å². The van der Waals surface area contributed by atoms with Crippen LogP contribution in [0.25, 0.3) is 0 Å². The Labute approximate surface area is 97.3 Å². The smallest absolute Gasteiger partial charge is 0.236 e. The maximum Gasteiger partial charge on any atom is 0.236 e. The zero-order chi connectivity index (χ0) is 11.4. The highest BCUT2D eigenvalue weighted by atomic mass is 16.5. The Hall–Kier alpha value is -0.610. The van der Waals surface area contributed by atoms with Crippen molar-refractivity contribution in [2.45, 2.75) is 19.3 Å². The van der Waals surface area contributed by atoms with Crippen molar-refractivity contribution in [3.63, 3.8) is 0 Å². The molecule has 1 saturated heterocycles. The summed E-state index contributed by atoms with van der Waals surface area (Å²) in [5.74, 6) is 1.84. The van der Waals surface area contributed by atoms with E-state index in [0.717, 1.165) is 31.5 Å². The molecule has 1 amide bonds. The predicted octanol–water partition coefficient (Wildman–Crippen LogP) is 0.481. The van der Waals surface area contributed by atoms with E-state index in [0.29, 0.717) is 13.2 Å². The van der Waals surface area contributed by atoms with Crippen LogP contribution >= 0.6 is 0 Å². The number of methoxy groups -OCH3 is 1. The third kappa shape index (κ3) is 2.74. The van der Waals surface area contributed by atoms with Crippen LogP contribution in [-0.2, 0) is 9.53 Å². The van der Waals surface area contributed by atoms with E-state index in [-0.39, 0.29) is 5.91 Å². The number of likely N-dealkylation sites (tertiary alicyclic amines) is 1. The van der Waals surface area contributed by atoms with Gasteiger partial charge in [0.05, 0.1) is 13.2 Å². The monoisotopic (exact) mass is 226 g/mol. The highest BCUT2D eigenvalue weighted by Gasteiger charge is 2.37. The lowest BCUT2D eigenvalue weighted by Gasteiger charge is -2.17. The molecule has 2 fully saturated rings. The number of fused-ring (bicyclic) bond motifs is 1. The molecule has 0 spiro atoms. The summed E-state index contributed by atoms with van der Waals surface area (Å²) >= 11 is 0. The van der Waals surface area contributed by atoms with Crippen molar-refractivity contribution in [2.24, 2.45) is 11.8 Å². The van der Waals surface area contributed by atoms with Gasteiger partial charge in [0.1, 0.15) is 0 Å². The van der Waals surface area contributed by atoms with Crippen LogP contribution in [0.5, 0.6) is 0 Å². The van der Waals surface area contributed by atoms with Crippen LogP contribution in [0, 0.1) is 11.8 Å². The summed E-state index contributed by atoms with van der Waals surface area (Å²) in [7, 11) is 1.67. The first-order valence-electron chi connectivity index (χ1n) is 6.28. The summed E-state index contributed by atoms with van der Waals surface area (Å²) in [6.45, 7) is 3.87. The van der Waals surface area contributed by atoms with E-state index in [2.05, 4.69) is 5.32 Å². The molecular formula is C12H22N2O2. The number of nitrogens with one attached hydrogen (secondary N) is 1. The Kier molecular flexibility index (Phi) is 4.18. The minimum atomic E-state index is 0.255. The molecular weight excluding hydrogens is 204 g/mol. The van der Waals surface area contributed by atoms with Crippen molar-refractivity contribution < 1.29 is 9.53 Å². The van der Waals surface area contributed by atoms with Gasteiger partial charge in [0, 0.05) is 26.7 Å². The summed E-state index contributed by atoms with van der Waals surface area (Å²) in [5, 5.41) is 3.11. The quantitative estimate of drug-likeness (QED) is 0.693. The van der Waals surface area contributed by atoms with E-state index in [1.54, 1.807) is 7.11 Å². The SMILES string of the molecule is COCCNCC(=O)N1CC2CCCC2C1. The van der Waals surface area contributed by atoms with Gasteiger partial charge in [-0.2, -0.15) is 0 Å². The van der Waals surface area contributed by atoms with Gasteiger partial charge < -0.3 is 15.0 Å². The van der Waals surface area contributed by atoms with E-state index in [9.17, 15) is 4.79 Å². The van der Waals surface area contributed by atoms with Crippen LogP contribution in [0.15, 0.2) is 0 Å². The number of ether oxygens (including phenoxy) is 1. The summed E-state index contributed by atoms with van der Waals surface area (Å²) < 4.78 is 4.92. The van der Waals surface area contributed by atoms with Crippen LogP contribution in [0.1, 0.15) is 19.3 Å². The molecule has 2 aliphatic rings. The van der Waals surface area contributed by atoms with Gasteiger partial charge in [-0.25, -0.2) is 0 Å². The van der Waals surface area contributed by atoms with Crippen LogP contribution in [0.2, 0.25) is 0 Å². The van der Waals surface area contributed by atoms with Crippen molar-refractivity contribution in [3.8, 4) is 0 Å². The zero-order valence-corrected chi connectivity index (χ0v) is 10.1. The Morgan fingerprint density at radius 3 is 2.69 bits per heavy atom. The largest absolute Gasteiger partial charge is 0.383 e. The molecule has 4 nitrogen and oxygen atoms in total. The first-order valence-corrected chi connectivity index (χ1v) is 6.28. The topological polar surface area (TPSA) is 41.6 Å². The van der Waals surface area contributed by atoms with E-state index in [1.165, 1.54) is 19.3 Å². The molecule has 1 heterocycles. The molecule has 16 heavy (non-hydrogen) atoms. The van der Waals surface area contributed by atoms with E-state index in [1.807, 2.05) is 4.90 Å². The average molecular weight is 226 g/mol. The molecule has 2 unspecified atom stereocenters. The predicted molar refractivity (Wildman–Crippen MR) is 62.2 cm³/mol. The van der Waals surface area contributed by atoms with Gasteiger partial charge in [0.2, 0.25) is 5.91 Å². The lowest BCUT2D eigenvalue weighted by atomic mass is 10.0. The second kappa shape index (κ2) is 5.64. The van der Waals surface area contributed by atoms with Crippen LogP contribution < -0.4 is 5.32 Å². The van der Waals surface area contributed by atoms with Gasteiger partial charge >= 0.3 is 0 Å². The molecule has 0 bridgehead atoms. The second-order valence-corrected chi connectivity index (χ2v) is 4.92. The minimum absolute atomic E-state index is 0.255. The Morgan fingerprint density at radius 2 is 2.06 bits per heavy atom. The van der Waals surface area contributed by atoms with Gasteiger partial charge in [-0.15, -0.1) is 0 Å². The van der Waals surface area contributed by atoms with Gasteiger partial charge in [0.15, 0.2) is 0 Å². The first kappa shape index (κ1) is 11.9. The van der Waals surface area contributed by atoms with Crippen molar-refractivity contribution in [1.82, 2.24) is 10.2 Å².